The highest BCUT2D eigenvalue weighted by Gasteiger charge is 2.12. The molecule has 25 heavy (non-hydrogen) atoms. The van der Waals surface area contributed by atoms with Crippen LogP contribution in [0.25, 0.3) is 0 Å². The monoisotopic (exact) mass is 414 g/mol. The third kappa shape index (κ3) is 4.67. The summed E-state index contributed by atoms with van der Waals surface area (Å²) >= 11 is 23.8. The second kappa shape index (κ2) is 8.10. The predicted molar refractivity (Wildman–Crippen MR) is 105 cm³/mol. The minimum Gasteiger partial charge on any atom is -0.467 e. The van der Waals surface area contributed by atoms with Crippen molar-refractivity contribution in [1.29, 1.82) is 0 Å². The van der Waals surface area contributed by atoms with Gasteiger partial charge in [-0.2, -0.15) is 5.10 Å². The average molecular weight is 416 g/mol. The van der Waals surface area contributed by atoms with Gasteiger partial charge < -0.3 is 15.1 Å². The Morgan fingerprint density at radius 2 is 1.88 bits per heavy atom. The molecule has 0 spiro atoms. The molecule has 0 amide bonds. The molecule has 130 valence electrons. The molecule has 0 aliphatic rings. The number of nitrogens with one attached hydrogen (secondary N) is 2. The fourth-order valence-electron chi connectivity index (χ4n) is 2.14. The normalized spacial score (nSPS) is 10.7. The van der Waals surface area contributed by atoms with Gasteiger partial charge >= 0.3 is 0 Å². The molecule has 0 fully saturated rings. The van der Waals surface area contributed by atoms with E-state index in [1.165, 1.54) is 0 Å². The van der Waals surface area contributed by atoms with E-state index in [2.05, 4.69) is 15.7 Å². The topological polar surface area (TPSA) is 55.0 Å². The van der Waals surface area contributed by atoms with E-state index in [9.17, 15) is 0 Å². The van der Waals surface area contributed by atoms with E-state index < -0.39 is 0 Å². The zero-order valence-corrected chi connectivity index (χ0v) is 15.9. The maximum Gasteiger partial charge on any atom is 0.173 e. The van der Waals surface area contributed by atoms with Crippen molar-refractivity contribution in [3.8, 4) is 0 Å². The molecule has 0 saturated carbocycles. The standard InChI is InChI=1S/C16H13Cl3N4OS/c17-12-4-1-5-13(18)11(12)8-23-9-14(19)15(22-23)21-16(25)20-7-10-3-2-6-24-10/h1-6,9H,7-8H2,(H2,20,21,22,25). The van der Waals surface area contributed by atoms with Gasteiger partial charge in [-0.15, -0.1) is 0 Å². The molecule has 0 saturated heterocycles. The summed E-state index contributed by atoms with van der Waals surface area (Å²) in [6.07, 6.45) is 3.28. The van der Waals surface area contributed by atoms with Crippen molar-refractivity contribution in [2.45, 2.75) is 13.1 Å². The van der Waals surface area contributed by atoms with Crippen LogP contribution in [0.1, 0.15) is 11.3 Å². The van der Waals surface area contributed by atoms with Crippen LogP contribution in [0.3, 0.4) is 0 Å². The largest absolute Gasteiger partial charge is 0.467 e. The van der Waals surface area contributed by atoms with Crippen LogP contribution >= 0.6 is 47.0 Å². The molecule has 1 aromatic carbocycles. The third-order valence-electron chi connectivity index (χ3n) is 3.33. The third-order valence-corrected chi connectivity index (χ3v) is 4.57. The van der Waals surface area contributed by atoms with E-state index >= 15 is 0 Å². The van der Waals surface area contributed by atoms with Gasteiger partial charge in [0.25, 0.3) is 0 Å². The molecule has 3 rings (SSSR count). The Kier molecular flexibility index (Phi) is 5.86. The lowest BCUT2D eigenvalue weighted by molar-refractivity contribution is 0.503. The Morgan fingerprint density at radius 1 is 1.12 bits per heavy atom. The van der Waals surface area contributed by atoms with Gasteiger partial charge in [-0.3, -0.25) is 4.68 Å². The molecule has 2 N–H and O–H groups in total. The summed E-state index contributed by atoms with van der Waals surface area (Å²) in [5.74, 6) is 1.22. The van der Waals surface area contributed by atoms with E-state index in [4.69, 9.17) is 51.4 Å². The summed E-state index contributed by atoms with van der Waals surface area (Å²) < 4.78 is 6.88. The molecule has 9 heteroatoms. The van der Waals surface area contributed by atoms with Gasteiger partial charge in [0.15, 0.2) is 10.9 Å². The van der Waals surface area contributed by atoms with Crippen molar-refractivity contribution >= 4 is 58.0 Å². The molecule has 0 unspecified atom stereocenters. The Bertz CT molecular complexity index is 859. The van der Waals surface area contributed by atoms with Crippen LogP contribution in [0.15, 0.2) is 47.2 Å². The summed E-state index contributed by atoms with van der Waals surface area (Å²) in [6, 6.07) is 9.01. The van der Waals surface area contributed by atoms with E-state index in [0.29, 0.717) is 39.1 Å². The zero-order chi connectivity index (χ0) is 17.8. The molecule has 2 heterocycles. The minimum atomic E-state index is 0.388. The summed E-state index contributed by atoms with van der Waals surface area (Å²) in [6.45, 7) is 0.860. The highest BCUT2D eigenvalue weighted by Crippen LogP contribution is 2.26. The molecule has 0 radical (unpaired) electrons. The predicted octanol–water partition coefficient (Wildman–Crippen LogP) is 4.97. The summed E-state index contributed by atoms with van der Waals surface area (Å²) in [5.41, 5.74) is 0.773. The van der Waals surface area contributed by atoms with Crippen LogP contribution in [0.2, 0.25) is 15.1 Å². The molecular formula is C16H13Cl3N4OS. The smallest absolute Gasteiger partial charge is 0.173 e. The van der Waals surface area contributed by atoms with Gasteiger partial charge in [-0.1, -0.05) is 40.9 Å². The number of hydrogen-bond acceptors (Lipinski definition) is 3. The molecular weight excluding hydrogens is 403 g/mol. The summed E-state index contributed by atoms with van der Waals surface area (Å²) in [7, 11) is 0. The van der Waals surface area contributed by atoms with Gasteiger partial charge in [0.05, 0.1) is 19.4 Å². The molecule has 0 atom stereocenters. The first-order valence-electron chi connectivity index (χ1n) is 7.26. The van der Waals surface area contributed by atoms with Crippen molar-refractivity contribution in [3.05, 3.63) is 69.2 Å². The van der Waals surface area contributed by atoms with Crippen molar-refractivity contribution in [1.82, 2.24) is 15.1 Å². The molecule has 0 bridgehead atoms. The number of rotatable bonds is 5. The fraction of sp³-hybridized carbons (Fsp3) is 0.125. The van der Waals surface area contributed by atoms with Crippen molar-refractivity contribution in [2.75, 3.05) is 5.32 Å². The Balaban J connectivity index is 1.65. The SMILES string of the molecule is S=C(NCc1ccco1)Nc1nn(Cc2c(Cl)cccc2Cl)cc1Cl. The van der Waals surface area contributed by atoms with Gasteiger partial charge in [-0.05, 0) is 36.5 Å². The lowest BCUT2D eigenvalue weighted by atomic mass is 10.2. The first kappa shape index (κ1) is 18.1. The molecule has 0 aliphatic heterocycles. The maximum atomic E-state index is 6.22. The van der Waals surface area contributed by atoms with Crippen LogP contribution in [-0.4, -0.2) is 14.9 Å². The summed E-state index contributed by atoms with van der Waals surface area (Å²) in [5, 5.41) is 12.3. The zero-order valence-electron chi connectivity index (χ0n) is 12.8. The van der Waals surface area contributed by atoms with Gasteiger partial charge in [0.2, 0.25) is 0 Å². The molecule has 2 aromatic heterocycles. The molecule has 0 aliphatic carbocycles. The second-order valence-electron chi connectivity index (χ2n) is 5.11. The fourth-order valence-corrected chi connectivity index (χ4v) is 3.02. The van der Waals surface area contributed by atoms with Crippen molar-refractivity contribution < 1.29 is 4.42 Å². The molecule has 5 nitrogen and oxygen atoms in total. The average Bonchev–Trinajstić information content (AvgIpc) is 3.20. The number of halogens is 3. The van der Waals surface area contributed by atoms with Crippen molar-refractivity contribution in [3.63, 3.8) is 0 Å². The second-order valence-corrected chi connectivity index (χ2v) is 6.74. The number of thiocarbonyl (C=S) groups is 1. The van der Waals surface area contributed by atoms with Crippen LogP contribution < -0.4 is 10.6 Å². The maximum absolute atomic E-state index is 6.22. The lowest BCUT2D eigenvalue weighted by Crippen LogP contribution is -2.28. The van der Waals surface area contributed by atoms with E-state index in [-0.39, 0.29) is 0 Å². The van der Waals surface area contributed by atoms with Crippen LogP contribution in [0, 0.1) is 0 Å². The number of furan rings is 1. The summed E-state index contributed by atoms with van der Waals surface area (Å²) in [4.78, 5) is 0. The first-order chi connectivity index (χ1) is 12.0. The molecule has 3 aromatic rings. The van der Waals surface area contributed by atoms with Crippen molar-refractivity contribution in [2.24, 2.45) is 0 Å². The number of aromatic nitrogens is 2. The first-order valence-corrected chi connectivity index (χ1v) is 8.80. The van der Waals surface area contributed by atoms with E-state index in [1.54, 1.807) is 35.3 Å². The Labute approximate surface area is 164 Å². The highest BCUT2D eigenvalue weighted by molar-refractivity contribution is 7.80. The Morgan fingerprint density at radius 3 is 2.56 bits per heavy atom. The van der Waals surface area contributed by atoms with Gasteiger partial charge in [0, 0.05) is 21.8 Å². The van der Waals surface area contributed by atoms with Gasteiger partial charge in [0.1, 0.15) is 10.8 Å². The van der Waals surface area contributed by atoms with Crippen LogP contribution in [0.5, 0.6) is 0 Å². The van der Waals surface area contributed by atoms with Gasteiger partial charge in [-0.25, -0.2) is 0 Å². The number of benzene rings is 1. The highest BCUT2D eigenvalue weighted by atomic mass is 35.5. The van der Waals surface area contributed by atoms with E-state index in [0.717, 1.165) is 11.3 Å². The number of nitrogens with zero attached hydrogens (tertiary/aromatic N) is 2. The number of hydrogen-bond donors (Lipinski definition) is 2. The minimum absolute atomic E-state index is 0.388. The van der Waals surface area contributed by atoms with E-state index in [1.807, 2.05) is 12.1 Å². The van der Waals surface area contributed by atoms with Crippen LogP contribution in [-0.2, 0) is 13.1 Å². The number of anilines is 1. The quantitative estimate of drug-likeness (QED) is 0.576. The van der Waals surface area contributed by atoms with Crippen LogP contribution in [0.4, 0.5) is 5.82 Å². The lowest BCUT2D eigenvalue weighted by Gasteiger charge is -2.08. The Hall–Kier alpha value is -1.73.